The van der Waals surface area contributed by atoms with Crippen molar-refractivity contribution in [3.63, 3.8) is 0 Å². The summed E-state index contributed by atoms with van der Waals surface area (Å²) in [5, 5.41) is 12.2. The first kappa shape index (κ1) is 13.5. The molecule has 0 aromatic heterocycles. The largest absolute Gasteiger partial charge is 0.479 e. The van der Waals surface area contributed by atoms with Crippen molar-refractivity contribution >= 4 is 5.97 Å². The maximum atomic E-state index is 10.9. The molecule has 0 saturated heterocycles. The average Bonchev–Trinajstić information content (AvgIpc) is 2.29. The normalized spacial score (nSPS) is 27.6. The summed E-state index contributed by atoms with van der Waals surface area (Å²) < 4.78 is 5.66. The molecule has 4 nitrogen and oxygen atoms in total. The summed E-state index contributed by atoms with van der Waals surface area (Å²) >= 11 is 0. The molecule has 94 valence electrons. The molecule has 0 aromatic carbocycles. The van der Waals surface area contributed by atoms with Gasteiger partial charge in [-0.3, -0.25) is 0 Å². The summed E-state index contributed by atoms with van der Waals surface area (Å²) in [6.07, 6.45) is 5.10. The van der Waals surface area contributed by atoms with Crippen LogP contribution in [0.3, 0.4) is 0 Å². The molecule has 0 radical (unpaired) electrons. The lowest BCUT2D eigenvalue weighted by atomic mass is 9.93. The molecule has 0 bridgehead atoms. The smallest absolute Gasteiger partial charge is 0.332 e. The van der Waals surface area contributed by atoms with E-state index >= 15 is 0 Å². The topological polar surface area (TPSA) is 58.6 Å². The third kappa shape index (κ3) is 4.10. The van der Waals surface area contributed by atoms with Crippen molar-refractivity contribution in [1.29, 1.82) is 0 Å². The molecule has 1 atom stereocenters. The average molecular weight is 229 g/mol. The lowest BCUT2D eigenvalue weighted by Gasteiger charge is -2.30. The molecule has 1 fully saturated rings. The number of carboxylic acids is 1. The van der Waals surface area contributed by atoms with Crippen molar-refractivity contribution in [2.45, 2.75) is 63.7 Å². The third-order valence-corrected chi connectivity index (χ3v) is 3.27. The predicted octanol–water partition coefficient (Wildman–Crippen LogP) is 1.79. The van der Waals surface area contributed by atoms with Crippen LogP contribution in [0.25, 0.3) is 0 Å². The lowest BCUT2D eigenvalue weighted by molar-refractivity contribution is -0.156. The predicted molar refractivity (Wildman–Crippen MR) is 62.5 cm³/mol. The Morgan fingerprint density at radius 2 is 2.06 bits per heavy atom. The van der Waals surface area contributed by atoms with Crippen LogP contribution in [0.2, 0.25) is 0 Å². The monoisotopic (exact) mass is 229 g/mol. The maximum absolute atomic E-state index is 10.9. The van der Waals surface area contributed by atoms with Crippen LogP contribution < -0.4 is 5.32 Å². The Balaban J connectivity index is 2.33. The van der Waals surface area contributed by atoms with E-state index < -0.39 is 12.1 Å². The van der Waals surface area contributed by atoms with Gasteiger partial charge >= 0.3 is 5.97 Å². The molecule has 16 heavy (non-hydrogen) atoms. The van der Waals surface area contributed by atoms with Gasteiger partial charge in [0.15, 0.2) is 6.10 Å². The minimum atomic E-state index is -0.822. The fourth-order valence-electron chi connectivity index (χ4n) is 2.23. The van der Waals surface area contributed by atoms with E-state index in [0.29, 0.717) is 12.5 Å². The molecule has 0 aromatic rings. The summed E-state index contributed by atoms with van der Waals surface area (Å²) in [7, 11) is 1.98. The number of carbonyl (C=O) groups is 1. The van der Waals surface area contributed by atoms with Crippen LogP contribution >= 0.6 is 0 Å². The molecule has 1 saturated carbocycles. The second-order valence-electron chi connectivity index (χ2n) is 4.51. The molecule has 4 heteroatoms. The van der Waals surface area contributed by atoms with Gasteiger partial charge in [0.25, 0.3) is 0 Å². The van der Waals surface area contributed by atoms with Gasteiger partial charge in [0.1, 0.15) is 0 Å². The molecule has 0 spiro atoms. The van der Waals surface area contributed by atoms with Gasteiger partial charge in [0.2, 0.25) is 0 Å². The van der Waals surface area contributed by atoms with Gasteiger partial charge in [-0.25, -0.2) is 4.79 Å². The van der Waals surface area contributed by atoms with E-state index in [-0.39, 0.29) is 6.10 Å². The number of nitrogens with one attached hydrogen (secondary N) is 1. The maximum Gasteiger partial charge on any atom is 0.332 e. The van der Waals surface area contributed by atoms with E-state index in [0.717, 1.165) is 32.1 Å². The summed E-state index contributed by atoms with van der Waals surface area (Å²) in [6.45, 7) is 1.98. The van der Waals surface area contributed by atoms with Gasteiger partial charge in [0, 0.05) is 6.04 Å². The number of rotatable bonds is 6. The van der Waals surface area contributed by atoms with Crippen molar-refractivity contribution in [1.82, 2.24) is 5.32 Å². The summed E-state index contributed by atoms with van der Waals surface area (Å²) in [4.78, 5) is 10.9. The second-order valence-corrected chi connectivity index (χ2v) is 4.51. The molecule has 1 unspecified atom stereocenters. The third-order valence-electron chi connectivity index (χ3n) is 3.27. The highest BCUT2D eigenvalue weighted by molar-refractivity contribution is 5.72. The molecule has 2 N–H and O–H groups in total. The second kappa shape index (κ2) is 6.86. The van der Waals surface area contributed by atoms with Crippen LogP contribution in [0.15, 0.2) is 0 Å². The lowest BCUT2D eigenvalue weighted by Crippen LogP contribution is -2.36. The van der Waals surface area contributed by atoms with E-state index in [1.807, 2.05) is 14.0 Å². The molecule has 0 amide bonds. The van der Waals surface area contributed by atoms with E-state index in [1.165, 1.54) is 0 Å². The van der Waals surface area contributed by atoms with E-state index in [2.05, 4.69) is 5.32 Å². The fraction of sp³-hybridized carbons (Fsp3) is 0.917. The number of aliphatic carboxylic acids is 1. The van der Waals surface area contributed by atoms with Gasteiger partial charge in [-0.1, -0.05) is 13.3 Å². The first-order valence-electron chi connectivity index (χ1n) is 6.22. The van der Waals surface area contributed by atoms with Crippen LogP contribution in [0.1, 0.15) is 45.4 Å². The Morgan fingerprint density at radius 3 is 2.50 bits per heavy atom. The molecular formula is C12H23NO3. The molecular weight excluding hydrogens is 206 g/mol. The van der Waals surface area contributed by atoms with Gasteiger partial charge < -0.3 is 15.2 Å². The van der Waals surface area contributed by atoms with Gasteiger partial charge in [-0.2, -0.15) is 0 Å². The van der Waals surface area contributed by atoms with Gasteiger partial charge in [-0.05, 0) is 39.2 Å². The van der Waals surface area contributed by atoms with E-state index in [9.17, 15) is 4.79 Å². The van der Waals surface area contributed by atoms with Gasteiger partial charge in [0.05, 0.1) is 6.10 Å². The highest BCUT2D eigenvalue weighted by Gasteiger charge is 2.26. The van der Waals surface area contributed by atoms with Crippen molar-refractivity contribution in [2.75, 3.05) is 7.05 Å². The quantitative estimate of drug-likeness (QED) is 0.729. The van der Waals surface area contributed by atoms with Crippen LogP contribution in [-0.4, -0.2) is 36.4 Å². The van der Waals surface area contributed by atoms with Crippen molar-refractivity contribution in [2.24, 2.45) is 0 Å². The van der Waals surface area contributed by atoms with Crippen LogP contribution in [0.5, 0.6) is 0 Å². The van der Waals surface area contributed by atoms with Crippen molar-refractivity contribution < 1.29 is 14.6 Å². The number of hydrogen-bond acceptors (Lipinski definition) is 3. The Labute approximate surface area is 97.4 Å². The number of ether oxygens (including phenoxy) is 1. The Hall–Kier alpha value is -0.610. The van der Waals surface area contributed by atoms with Crippen LogP contribution in [-0.2, 0) is 9.53 Å². The number of hydrogen-bond donors (Lipinski definition) is 2. The summed E-state index contributed by atoms with van der Waals surface area (Å²) in [5.41, 5.74) is 0. The minimum absolute atomic E-state index is 0.136. The molecule has 0 aliphatic heterocycles. The molecule has 1 aliphatic carbocycles. The summed E-state index contributed by atoms with van der Waals surface area (Å²) in [6, 6.07) is 0.578. The van der Waals surface area contributed by atoms with Gasteiger partial charge in [-0.15, -0.1) is 0 Å². The number of carboxylic acid groups (broad SMARTS) is 1. The van der Waals surface area contributed by atoms with E-state index in [4.69, 9.17) is 9.84 Å². The highest BCUT2D eigenvalue weighted by Crippen LogP contribution is 2.23. The van der Waals surface area contributed by atoms with Crippen molar-refractivity contribution in [3.8, 4) is 0 Å². The molecule has 0 heterocycles. The summed E-state index contributed by atoms with van der Waals surface area (Å²) in [5.74, 6) is -0.822. The van der Waals surface area contributed by atoms with Crippen LogP contribution in [0, 0.1) is 0 Å². The highest BCUT2D eigenvalue weighted by atomic mass is 16.5. The minimum Gasteiger partial charge on any atom is -0.479 e. The Bertz CT molecular complexity index is 212. The fourth-order valence-corrected chi connectivity index (χ4v) is 2.23. The Kier molecular flexibility index (Phi) is 5.77. The molecule has 1 aliphatic rings. The standard InChI is InChI=1S/C12H23NO3/c1-3-4-11(12(14)15)16-10-7-5-9(13-2)6-8-10/h9-11,13H,3-8H2,1-2H3,(H,14,15). The Morgan fingerprint density at radius 1 is 1.44 bits per heavy atom. The zero-order chi connectivity index (χ0) is 12.0. The van der Waals surface area contributed by atoms with Crippen molar-refractivity contribution in [3.05, 3.63) is 0 Å². The SMILES string of the molecule is CCCC(OC1CCC(NC)CC1)C(=O)O. The van der Waals surface area contributed by atoms with Crippen LogP contribution in [0.4, 0.5) is 0 Å². The zero-order valence-electron chi connectivity index (χ0n) is 10.2. The first-order chi connectivity index (χ1) is 7.67. The molecule has 1 rings (SSSR count). The van der Waals surface area contributed by atoms with E-state index in [1.54, 1.807) is 0 Å². The zero-order valence-corrected chi connectivity index (χ0v) is 10.2. The first-order valence-corrected chi connectivity index (χ1v) is 6.22.